The molecule has 0 aliphatic heterocycles. The standard InChI is InChI=1S/C18H24IOSi/c1-4-21(5-2,6-3)20-18-14-12-17(13-15-18)19-16-10-8-7-9-11-16/h7-15H,4-6H2,1-3H3/q-1. The van der Waals surface area contributed by atoms with E-state index in [9.17, 15) is 0 Å². The monoisotopic (exact) mass is 411 g/mol. The summed E-state index contributed by atoms with van der Waals surface area (Å²) in [6.07, 6.45) is 0. The first kappa shape index (κ1) is 16.6. The van der Waals surface area contributed by atoms with E-state index >= 15 is 0 Å². The van der Waals surface area contributed by atoms with E-state index < -0.39 is 8.32 Å². The van der Waals surface area contributed by atoms with E-state index in [-0.39, 0.29) is 21.2 Å². The molecule has 2 aromatic rings. The van der Waals surface area contributed by atoms with Crippen molar-refractivity contribution in [2.24, 2.45) is 0 Å². The van der Waals surface area contributed by atoms with Crippen LogP contribution >= 0.6 is 0 Å². The molecule has 114 valence electrons. The summed E-state index contributed by atoms with van der Waals surface area (Å²) >= 11 is -0.0737. The maximum atomic E-state index is 6.41. The van der Waals surface area contributed by atoms with Gasteiger partial charge in [0.15, 0.2) is 0 Å². The molecule has 0 N–H and O–H groups in total. The molecular formula is C18H24IOSi-. The van der Waals surface area contributed by atoms with Gasteiger partial charge in [0.25, 0.3) is 0 Å². The topological polar surface area (TPSA) is 9.23 Å². The summed E-state index contributed by atoms with van der Waals surface area (Å²) in [7, 11) is -1.54. The Labute approximate surface area is 140 Å². The summed E-state index contributed by atoms with van der Waals surface area (Å²) in [5.41, 5.74) is 0. The van der Waals surface area contributed by atoms with E-state index in [1.807, 2.05) is 0 Å². The summed E-state index contributed by atoms with van der Waals surface area (Å²) in [5.74, 6) is 1.06. The van der Waals surface area contributed by atoms with Gasteiger partial charge in [0.05, 0.1) is 0 Å². The van der Waals surface area contributed by atoms with Crippen molar-refractivity contribution in [3.05, 3.63) is 61.7 Å². The Morgan fingerprint density at radius 1 is 0.762 bits per heavy atom. The summed E-state index contributed by atoms with van der Waals surface area (Å²) in [6.45, 7) is 6.82. The Kier molecular flexibility index (Phi) is 6.30. The fourth-order valence-corrected chi connectivity index (χ4v) is 7.17. The normalized spacial score (nSPS) is 11.6. The van der Waals surface area contributed by atoms with Gasteiger partial charge in [0.2, 0.25) is 0 Å². The molecule has 0 atom stereocenters. The quantitative estimate of drug-likeness (QED) is 0.502. The molecule has 0 aliphatic rings. The number of halogens is 1. The molecule has 0 aromatic heterocycles. The Morgan fingerprint density at radius 2 is 1.29 bits per heavy atom. The van der Waals surface area contributed by atoms with E-state index in [4.69, 9.17) is 4.43 Å². The summed E-state index contributed by atoms with van der Waals surface area (Å²) < 4.78 is 9.32. The van der Waals surface area contributed by atoms with Gasteiger partial charge < -0.3 is 0 Å². The molecule has 0 radical (unpaired) electrons. The summed E-state index contributed by atoms with van der Waals surface area (Å²) in [5, 5.41) is 0. The van der Waals surface area contributed by atoms with Gasteiger partial charge in [-0.25, -0.2) is 0 Å². The predicted octanol–water partition coefficient (Wildman–Crippen LogP) is 2.20. The first-order valence-corrected chi connectivity index (χ1v) is 12.4. The Bertz CT molecular complexity index is 527. The van der Waals surface area contributed by atoms with Gasteiger partial charge in [-0.3, -0.25) is 0 Å². The van der Waals surface area contributed by atoms with Gasteiger partial charge in [-0.15, -0.1) is 0 Å². The van der Waals surface area contributed by atoms with E-state index in [1.54, 1.807) is 0 Å². The van der Waals surface area contributed by atoms with E-state index in [0.29, 0.717) is 0 Å². The minimum atomic E-state index is -1.54. The van der Waals surface area contributed by atoms with Crippen LogP contribution in [0.1, 0.15) is 20.8 Å². The second-order valence-electron chi connectivity index (χ2n) is 5.19. The second-order valence-corrected chi connectivity index (χ2v) is 12.9. The molecule has 0 bridgehead atoms. The first-order chi connectivity index (χ1) is 10.2. The molecule has 0 saturated heterocycles. The molecule has 0 saturated carbocycles. The maximum absolute atomic E-state index is 6.41. The zero-order valence-electron chi connectivity index (χ0n) is 13.1. The van der Waals surface area contributed by atoms with Crippen LogP contribution in [0.3, 0.4) is 0 Å². The molecule has 2 rings (SSSR count). The number of hydrogen-bond acceptors (Lipinski definition) is 1. The second kappa shape index (κ2) is 7.99. The zero-order chi connectivity index (χ0) is 15.1. The van der Waals surface area contributed by atoms with Crippen LogP contribution in [0.4, 0.5) is 0 Å². The fraction of sp³-hybridized carbons (Fsp3) is 0.333. The molecular weight excluding hydrogens is 387 g/mol. The van der Waals surface area contributed by atoms with E-state index in [2.05, 4.69) is 75.4 Å². The van der Waals surface area contributed by atoms with Crippen LogP contribution in [0.2, 0.25) is 18.1 Å². The Morgan fingerprint density at radius 3 is 1.81 bits per heavy atom. The van der Waals surface area contributed by atoms with Gasteiger partial charge in [-0.1, -0.05) is 0 Å². The average Bonchev–Trinajstić information content (AvgIpc) is 2.55. The van der Waals surface area contributed by atoms with Gasteiger partial charge >= 0.3 is 140 Å². The van der Waals surface area contributed by atoms with Gasteiger partial charge in [-0.2, -0.15) is 0 Å². The van der Waals surface area contributed by atoms with Crippen LogP contribution in [0.25, 0.3) is 0 Å². The van der Waals surface area contributed by atoms with Gasteiger partial charge in [0, 0.05) is 0 Å². The van der Waals surface area contributed by atoms with E-state index in [1.165, 1.54) is 25.3 Å². The minimum absolute atomic E-state index is 0.0737. The molecule has 0 fully saturated rings. The molecule has 3 heteroatoms. The SMILES string of the molecule is CC[Si](CC)(CC)Oc1ccc([I-]c2ccccc2)cc1. The van der Waals surface area contributed by atoms with Crippen LogP contribution < -0.4 is 25.6 Å². The molecule has 0 unspecified atom stereocenters. The number of rotatable bonds is 7. The van der Waals surface area contributed by atoms with Crippen molar-refractivity contribution in [1.29, 1.82) is 0 Å². The van der Waals surface area contributed by atoms with Crippen molar-refractivity contribution in [1.82, 2.24) is 0 Å². The van der Waals surface area contributed by atoms with Gasteiger partial charge in [-0.05, 0) is 0 Å². The number of benzene rings is 2. The van der Waals surface area contributed by atoms with Crippen LogP contribution in [0, 0.1) is 7.14 Å². The molecule has 2 aromatic carbocycles. The first-order valence-electron chi connectivity index (χ1n) is 7.70. The number of hydrogen-bond donors (Lipinski definition) is 0. The van der Waals surface area contributed by atoms with Crippen molar-refractivity contribution < 1.29 is 25.6 Å². The zero-order valence-corrected chi connectivity index (χ0v) is 16.3. The van der Waals surface area contributed by atoms with Crippen molar-refractivity contribution in [3.8, 4) is 5.75 Å². The van der Waals surface area contributed by atoms with Crippen molar-refractivity contribution >= 4 is 8.32 Å². The Hall–Kier alpha value is -0.813. The van der Waals surface area contributed by atoms with Crippen LogP contribution in [0.15, 0.2) is 54.6 Å². The average molecular weight is 411 g/mol. The van der Waals surface area contributed by atoms with Crippen LogP contribution in [0.5, 0.6) is 5.75 Å². The van der Waals surface area contributed by atoms with Crippen LogP contribution in [-0.2, 0) is 0 Å². The molecule has 0 spiro atoms. The molecule has 1 nitrogen and oxygen atoms in total. The fourth-order valence-electron chi connectivity index (χ4n) is 2.39. The molecule has 0 heterocycles. The molecule has 0 amide bonds. The third-order valence-electron chi connectivity index (χ3n) is 4.03. The molecule has 21 heavy (non-hydrogen) atoms. The predicted molar refractivity (Wildman–Crippen MR) is 88.1 cm³/mol. The summed E-state index contributed by atoms with van der Waals surface area (Å²) in [6, 6.07) is 23.2. The van der Waals surface area contributed by atoms with Crippen molar-refractivity contribution in [2.75, 3.05) is 0 Å². The van der Waals surface area contributed by atoms with Crippen molar-refractivity contribution in [3.63, 3.8) is 0 Å². The third kappa shape index (κ3) is 4.58. The summed E-state index contributed by atoms with van der Waals surface area (Å²) in [4.78, 5) is 0. The van der Waals surface area contributed by atoms with E-state index in [0.717, 1.165) is 5.75 Å². The molecule has 0 aliphatic carbocycles. The van der Waals surface area contributed by atoms with Crippen molar-refractivity contribution in [2.45, 2.75) is 38.9 Å². The van der Waals surface area contributed by atoms with Crippen LogP contribution in [-0.4, -0.2) is 8.32 Å². The Balaban J connectivity index is 2.05. The third-order valence-corrected chi connectivity index (χ3v) is 11.3. The van der Waals surface area contributed by atoms with Gasteiger partial charge in [0.1, 0.15) is 0 Å².